The van der Waals surface area contributed by atoms with Gasteiger partial charge in [0.05, 0.1) is 16.2 Å². The summed E-state index contributed by atoms with van der Waals surface area (Å²) in [6.07, 6.45) is 0. The minimum Gasteiger partial charge on any atom is -0.333 e. The summed E-state index contributed by atoms with van der Waals surface area (Å²) in [4.78, 5) is 14.2. The van der Waals surface area contributed by atoms with Gasteiger partial charge < -0.3 is 10.7 Å². The fourth-order valence-corrected chi connectivity index (χ4v) is 1.62. The second kappa shape index (κ2) is 5.81. The Kier molecular flexibility index (Phi) is 3.92. The molecule has 8 nitrogen and oxygen atoms in total. The van der Waals surface area contributed by atoms with E-state index in [1.54, 1.807) is 6.07 Å². The molecule has 2 aromatic rings. The van der Waals surface area contributed by atoms with Gasteiger partial charge in [-0.05, 0) is 24.3 Å². The molecule has 0 saturated heterocycles. The molecule has 4 N–H and O–H groups in total. The summed E-state index contributed by atoms with van der Waals surface area (Å²) in [5.74, 6) is 4.70. The van der Waals surface area contributed by atoms with Crippen molar-refractivity contribution in [1.29, 1.82) is 5.26 Å². The zero-order valence-corrected chi connectivity index (χ0v) is 10.5. The first-order valence-corrected chi connectivity index (χ1v) is 5.64. The standard InChI is InChI=1S/C12H9FN6O2/c13-8-1-2-9(7(5-8)6-14)16-12-10(19(20)21)3-4-11(17-12)18-15/h1-5H,15H2,(H2,16,17,18). The first-order valence-electron chi connectivity index (χ1n) is 5.64. The Bertz CT molecular complexity index is 743. The van der Waals surface area contributed by atoms with E-state index in [1.807, 2.05) is 0 Å². The van der Waals surface area contributed by atoms with E-state index in [1.165, 1.54) is 18.2 Å². The van der Waals surface area contributed by atoms with Crippen molar-refractivity contribution in [2.45, 2.75) is 0 Å². The SMILES string of the molecule is N#Cc1cc(F)ccc1Nc1nc(NN)ccc1[N+](=O)[O-]. The summed E-state index contributed by atoms with van der Waals surface area (Å²) in [5, 5.41) is 22.6. The Morgan fingerprint density at radius 1 is 1.38 bits per heavy atom. The molecule has 0 fully saturated rings. The number of aromatic nitrogens is 1. The Hall–Kier alpha value is -3.25. The molecule has 106 valence electrons. The number of nitrogens with one attached hydrogen (secondary N) is 2. The Balaban J connectivity index is 2.48. The maximum Gasteiger partial charge on any atom is 0.311 e. The average Bonchev–Trinajstić information content (AvgIpc) is 2.48. The fourth-order valence-electron chi connectivity index (χ4n) is 1.62. The molecular weight excluding hydrogens is 279 g/mol. The van der Waals surface area contributed by atoms with Crippen LogP contribution in [0.25, 0.3) is 0 Å². The largest absolute Gasteiger partial charge is 0.333 e. The van der Waals surface area contributed by atoms with Crippen molar-refractivity contribution in [2.24, 2.45) is 5.84 Å². The van der Waals surface area contributed by atoms with Gasteiger partial charge in [-0.25, -0.2) is 15.2 Å². The number of hydrogen-bond acceptors (Lipinski definition) is 7. The van der Waals surface area contributed by atoms with Crippen molar-refractivity contribution in [3.63, 3.8) is 0 Å². The van der Waals surface area contributed by atoms with Crippen LogP contribution < -0.4 is 16.6 Å². The maximum atomic E-state index is 13.1. The Labute approximate surface area is 118 Å². The van der Waals surface area contributed by atoms with Crippen LogP contribution in [0.5, 0.6) is 0 Å². The van der Waals surface area contributed by atoms with E-state index in [0.717, 1.165) is 12.1 Å². The summed E-state index contributed by atoms with van der Waals surface area (Å²) in [6.45, 7) is 0. The molecule has 0 bridgehead atoms. The van der Waals surface area contributed by atoms with Crippen molar-refractivity contribution in [3.8, 4) is 6.07 Å². The maximum absolute atomic E-state index is 13.1. The summed E-state index contributed by atoms with van der Waals surface area (Å²) in [7, 11) is 0. The number of hydrogen-bond donors (Lipinski definition) is 3. The number of pyridine rings is 1. The van der Waals surface area contributed by atoms with E-state index < -0.39 is 10.7 Å². The molecule has 9 heteroatoms. The van der Waals surface area contributed by atoms with Crippen LogP contribution in [0.4, 0.5) is 27.4 Å². The highest BCUT2D eigenvalue weighted by atomic mass is 19.1. The van der Waals surface area contributed by atoms with Crippen LogP contribution >= 0.6 is 0 Å². The normalized spacial score (nSPS) is 9.76. The van der Waals surface area contributed by atoms with Gasteiger partial charge in [0.15, 0.2) is 0 Å². The van der Waals surface area contributed by atoms with Crippen molar-refractivity contribution < 1.29 is 9.31 Å². The number of nitro groups is 1. The molecule has 0 aliphatic rings. The third-order valence-corrected chi connectivity index (χ3v) is 2.57. The van der Waals surface area contributed by atoms with E-state index in [9.17, 15) is 14.5 Å². The van der Waals surface area contributed by atoms with Crippen molar-refractivity contribution in [3.05, 3.63) is 51.8 Å². The second-order valence-corrected chi connectivity index (χ2v) is 3.89. The third-order valence-electron chi connectivity index (χ3n) is 2.57. The van der Waals surface area contributed by atoms with Crippen LogP contribution in [-0.2, 0) is 0 Å². The van der Waals surface area contributed by atoms with E-state index in [2.05, 4.69) is 15.7 Å². The molecule has 0 aliphatic heterocycles. The third kappa shape index (κ3) is 3.02. The quantitative estimate of drug-likeness (QED) is 0.445. The predicted molar refractivity (Wildman–Crippen MR) is 73.1 cm³/mol. The molecule has 0 unspecified atom stereocenters. The molecule has 1 aromatic carbocycles. The van der Waals surface area contributed by atoms with Crippen LogP contribution in [0.1, 0.15) is 5.56 Å². The smallest absolute Gasteiger partial charge is 0.311 e. The van der Waals surface area contributed by atoms with Crippen LogP contribution in [0.2, 0.25) is 0 Å². The lowest BCUT2D eigenvalue weighted by Crippen LogP contribution is -2.10. The molecule has 2 rings (SSSR count). The summed E-state index contributed by atoms with van der Waals surface area (Å²) in [6, 6.07) is 7.77. The van der Waals surface area contributed by atoms with E-state index >= 15 is 0 Å². The molecule has 1 heterocycles. The first kappa shape index (κ1) is 14.2. The predicted octanol–water partition coefficient (Wildman–Crippen LogP) is 2.03. The molecule has 0 amide bonds. The number of benzene rings is 1. The van der Waals surface area contributed by atoms with Crippen LogP contribution in [0, 0.1) is 27.3 Å². The molecule has 0 atom stereocenters. The van der Waals surface area contributed by atoms with E-state index in [4.69, 9.17) is 11.1 Å². The highest BCUT2D eigenvalue weighted by Gasteiger charge is 2.17. The first-order chi connectivity index (χ1) is 10.0. The zero-order chi connectivity index (χ0) is 15.4. The van der Waals surface area contributed by atoms with Crippen LogP contribution in [-0.4, -0.2) is 9.91 Å². The van der Waals surface area contributed by atoms with E-state index in [-0.39, 0.29) is 28.6 Å². The molecule has 0 radical (unpaired) electrons. The number of rotatable bonds is 4. The van der Waals surface area contributed by atoms with Gasteiger partial charge >= 0.3 is 5.69 Å². The Morgan fingerprint density at radius 3 is 2.76 bits per heavy atom. The average molecular weight is 288 g/mol. The molecule has 0 spiro atoms. The van der Waals surface area contributed by atoms with Crippen molar-refractivity contribution in [1.82, 2.24) is 4.98 Å². The summed E-state index contributed by atoms with van der Waals surface area (Å²) < 4.78 is 13.1. The fraction of sp³-hybridized carbons (Fsp3) is 0. The number of nitriles is 1. The van der Waals surface area contributed by atoms with Gasteiger partial charge in [0, 0.05) is 6.07 Å². The number of hydrazine groups is 1. The van der Waals surface area contributed by atoms with Crippen molar-refractivity contribution >= 4 is 23.0 Å². The molecule has 1 aromatic heterocycles. The number of nitrogens with two attached hydrogens (primary N) is 1. The lowest BCUT2D eigenvalue weighted by atomic mass is 10.2. The summed E-state index contributed by atoms with van der Waals surface area (Å²) >= 11 is 0. The van der Waals surface area contributed by atoms with Gasteiger partial charge in [-0.2, -0.15) is 5.26 Å². The minimum atomic E-state index is -0.634. The number of nitrogens with zero attached hydrogens (tertiary/aromatic N) is 3. The van der Waals surface area contributed by atoms with Gasteiger partial charge in [0.2, 0.25) is 5.82 Å². The number of nitrogen functional groups attached to an aromatic ring is 1. The minimum absolute atomic E-state index is 0.00258. The topological polar surface area (TPSA) is 130 Å². The van der Waals surface area contributed by atoms with Gasteiger partial charge in [-0.15, -0.1) is 0 Å². The Morgan fingerprint density at radius 2 is 2.14 bits per heavy atom. The molecule has 0 saturated carbocycles. The van der Waals surface area contributed by atoms with Gasteiger partial charge in [0.1, 0.15) is 17.7 Å². The molecule has 21 heavy (non-hydrogen) atoms. The number of halogens is 1. The zero-order valence-electron chi connectivity index (χ0n) is 10.5. The van der Waals surface area contributed by atoms with Gasteiger partial charge in [-0.3, -0.25) is 10.1 Å². The molecule has 0 aliphatic carbocycles. The van der Waals surface area contributed by atoms with Crippen LogP contribution in [0.15, 0.2) is 30.3 Å². The number of anilines is 3. The van der Waals surface area contributed by atoms with E-state index in [0.29, 0.717) is 0 Å². The highest BCUT2D eigenvalue weighted by molar-refractivity contribution is 5.71. The second-order valence-electron chi connectivity index (χ2n) is 3.89. The summed E-state index contributed by atoms with van der Waals surface area (Å²) in [5.41, 5.74) is 2.15. The van der Waals surface area contributed by atoms with Crippen LogP contribution in [0.3, 0.4) is 0 Å². The van der Waals surface area contributed by atoms with Gasteiger partial charge in [0.25, 0.3) is 0 Å². The lowest BCUT2D eigenvalue weighted by Gasteiger charge is -2.09. The lowest BCUT2D eigenvalue weighted by molar-refractivity contribution is -0.384. The van der Waals surface area contributed by atoms with Gasteiger partial charge in [-0.1, -0.05) is 0 Å². The monoisotopic (exact) mass is 288 g/mol. The molecular formula is C12H9FN6O2. The van der Waals surface area contributed by atoms with Crippen molar-refractivity contribution in [2.75, 3.05) is 10.7 Å². The highest BCUT2D eigenvalue weighted by Crippen LogP contribution is 2.28.